The Hall–Kier alpha value is -2.75. The largest absolute Gasteiger partial charge is 0.497 e. The zero-order valence-corrected chi connectivity index (χ0v) is 13.5. The number of rotatable bonds is 6. The summed E-state index contributed by atoms with van der Waals surface area (Å²) in [4.78, 5) is 11.6. The Morgan fingerprint density at radius 2 is 1.78 bits per heavy atom. The second-order valence-corrected chi connectivity index (χ2v) is 5.02. The lowest BCUT2D eigenvalue weighted by molar-refractivity contribution is -0.130. The summed E-state index contributed by atoms with van der Waals surface area (Å²) < 4.78 is 10.5. The highest BCUT2D eigenvalue weighted by molar-refractivity contribution is 6.20. The maximum Gasteiger partial charge on any atom is 0.336 e. The highest BCUT2D eigenvalue weighted by Gasteiger charge is 2.12. The van der Waals surface area contributed by atoms with E-state index in [-0.39, 0.29) is 5.57 Å². The molecule has 1 N–H and O–H groups in total. The quantitative estimate of drug-likeness (QED) is 0.649. The molecule has 0 fully saturated rings. The van der Waals surface area contributed by atoms with E-state index >= 15 is 0 Å². The fraction of sp³-hybridized carbons (Fsp3) is 0.211. The Bertz CT molecular complexity index is 715. The number of carboxylic acid groups (broad SMARTS) is 1. The molecule has 0 bridgehead atoms. The van der Waals surface area contributed by atoms with Crippen LogP contribution in [0.3, 0.4) is 0 Å². The average Bonchev–Trinajstić information content (AvgIpc) is 2.59. The number of benzene rings is 2. The van der Waals surface area contributed by atoms with Gasteiger partial charge in [0.1, 0.15) is 11.5 Å². The number of aryl methyl sites for hydroxylation is 1. The summed E-state index contributed by atoms with van der Waals surface area (Å²) in [7, 11) is 3.12. The third-order valence-corrected chi connectivity index (χ3v) is 3.64. The molecule has 0 radical (unpaired) electrons. The first kappa shape index (κ1) is 16.6. The van der Waals surface area contributed by atoms with E-state index in [0.717, 1.165) is 6.42 Å². The zero-order chi connectivity index (χ0) is 16.8. The third-order valence-electron chi connectivity index (χ3n) is 3.64. The predicted molar refractivity (Wildman–Crippen MR) is 90.9 cm³/mol. The minimum atomic E-state index is -0.980. The molecule has 0 saturated heterocycles. The Kier molecular flexibility index (Phi) is 5.41. The minimum absolute atomic E-state index is 0.219. The lowest BCUT2D eigenvalue weighted by atomic mass is 10.0. The van der Waals surface area contributed by atoms with Gasteiger partial charge in [-0.05, 0) is 35.8 Å². The summed E-state index contributed by atoms with van der Waals surface area (Å²) in [6, 6.07) is 12.8. The molecule has 0 amide bonds. The number of hydrogen-bond donors (Lipinski definition) is 1. The molecule has 4 nitrogen and oxygen atoms in total. The number of aliphatic carboxylic acids is 1. The molecule has 2 aromatic rings. The van der Waals surface area contributed by atoms with E-state index in [4.69, 9.17) is 9.47 Å². The molecule has 0 aliphatic carbocycles. The van der Waals surface area contributed by atoms with Crippen molar-refractivity contribution in [2.24, 2.45) is 0 Å². The molecular weight excluding hydrogens is 292 g/mol. The summed E-state index contributed by atoms with van der Waals surface area (Å²) in [6.07, 6.45) is 2.53. The van der Waals surface area contributed by atoms with Crippen molar-refractivity contribution in [2.45, 2.75) is 13.3 Å². The first-order chi connectivity index (χ1) is 11.1. The summed E-state index contributed by atoms with van der Waals surface area (Å²) in [5.74, 6) is 0.239. The Balaban J connectivity index is 2.48. The minimum Gasteiger partial charge on any atom is -0.497 e. The molecule has 0 aliphatic rings. The maximum atomic E-state index is 11.6. The highest BCUT2D eigenvalue weighted by atomic mass is 16.5. The molecule has 23 heavy (non-hydrogen) atoms. The first-order valence-electron chi connectivity index (χ1n) is 7.35. The molecule has 0 aliphatic heterocycles. The van der Waals surface area contributed by atoms with Gasteiger partial charge < -0.3 is 14.6 Å². The van der Waals surface area contributed by atoms with E-state index in [0.29, 0.717) is 22.6 Å². The smallest absolute Gasteiger partial charge is 0.336 e. The highest BCUT2D eigenvalue weighted by Crippen LogP contribution is 2.29. The zero-order valence-electron chi connectivity index (χ0n) is 13.5. The van der Waals surface area contributed by atoms with E-state index in [1.165, 1.54) is 5.56 Å². The average molecular weight is 312 g/mol. The fourth-order valence-corrected chi connectivity index (χ4v) is 2.28. The standard InChI is InChI=1S/C19H20O4/c1-4-13-5-7-14(8-6-13)17(19(20)21)11-15-9-10-16(22-2)12-18(15)23-3/h5-12H,4H2,1-3H3,(H,20,21)/b17-11-. The van der Waals surface area contributed by atoms with Gasteiger partial charge in [-0.3, -0.25) is 0 Å². The van der Waals surface area contributed by atoms with Crippen LogP contribution in [0.5, 0.6) is 11.5 Å². The number of carbonyl (C=O) groups is 1. The molecule has 120 valence electrons. The van der Waals surface area contributed by atoms with Crippen LogP contribution in [0.25, 0.3) is 11.6 Å². The molecule has 0 aromatic heterocycles. The van der Waals surface area contributed by atoms with Gasteiger partial charge in [-0.2, -0.15) is 0 Å². The van der Waals surface area contributed by atoms with Crippen LogP contribution >= 0.6 is 0 Å². The van der Waals surface area contributed by atoms with Gasteiger partial charge in [-0.15, -0.1) is 0 Å². The van der Waals surface area contributed by atoms with Crippen molar-refractivity contribution in [3.8, 4) is 11.5 Å². The van der Waals surface area contributed by atoms with Crippen LogP contribution in [-0.2, 0) is 11.2 Å². The second kappa shape index (κ2) is 7.49. The SMILES string of the molecule is CCc1ccc(/C(=C/c2ccc(OC)cc2OC)C(=O)O)cc1. The van der Waals surface area contributed by atoms with E-state index in [2.05, 4.69) is 6.92 Å². The normalized spacial score (nSPS) is 11.2. The second-order valence-electron chi connectivity index (χ2n) is 5.02. The number of ether oxygens (including phenoxy) is 2. The summed E-state index contributed by atoms with van der Waals surface area (Å²) in [6.45, 7) is 2.06. The lowest BCUT2D eigenvalue weighted by Crippen LogP contribution is -2.00. The van der Waals surface area contributed by atoms with E-state index in [1.807, 2.05) is 24.3 Å². The van der Waals surface area contributed by atoms with Gasteiger partial charge in [0.05, 0.1) is 19.8 Å². The molecule has 2 aromatic carbocycles. The Morgan fingerprint density at radius 1 is 1.09 bits per heavy atom. The van der Waals surface area contributed by atoms with Crippen molar-refractivity contribution in [1.82, 2.24) is 0 Å². The molecule has 0 atom stereocenters. The van der Waals surface area contributed by atoms with Gasteiger partial charge in [-0.1, -0.05) is 31.2 Å². The first-order valence-corrected chi connectivity index (χ1v) is 7.35. The van der Waals surface area contributed by atoms with Crippen LogP contribution in [0.15, 0.2) is 42.5 Å². The van der Waals surface area contributed by atoms with Crippen molar-refractivity contribution < 1.29 is 19.4 Å². The number of hydrogen-bond acceptors (Lipinski definition) is 3. The van der Waals surface area contributed by atoms with Crippen LogP contribution in [0.1, 0.15) is 23.6 Å². The van der Waals surface area contributed by atoms with Crippen molar-refractivity contribution in [1.29, 1.82) is 0 Å². The van der Waals surface area contributed by atoms with Crippen molar-refractivity contribution >= 4 is 17.6 Å². The molecule has 0 saturated carbocycles. The van der Waals surface area contributed by atoms with Gasteiger partial charge in [0.25, 0.3) is 0 Å². The van der Waals surface area contributed by atoms with Gasteiger partial charge in [0.15, 0.2) is 0 Å². The van der Waals surface area contributed by atoms with Crippen molar-refractivity contribution in [3.63, 3.8) is 0 Å². The summed E-state index contributed by atoms with van der Waals surface area (Å²) in [5.41, 5.74) is 2.73. The van der Waals surface area contributed by atoms with Crippen LogP contribution in [-0.4, -0.2) is 25.3 Å². The molecule has 2 rings (SSSR count). The van der Waals surface area contributed by atoms with Gasteiger partial charge in [0, 0.05) is 11.6 Å². The summed E-state index contributed by atoms with van der Waals surface area (Å²) >= 11 is 0. The van der Waals surface area contributed by atoms with Crippen LogP contribution in [0, 0.1) is 0 Å². The molecule has 0 heterocycles. The summed E-state index contributed by atoms with van der Waals surface area (Å²) in [5, 5.41) is 9.55. The molecule has 0 spiro atoms. The fourth-order valence-electron chi connectivity index (χ4n) is 2.28. The maximum absolute atomic E-state index is 11.6. The van der Waals surface area contributed by atoms with Crippen molar-refractivity contribution in [3.05, 3.63) is 59.2 Å². The third kappa shape index (κ3) is 3.92. The van der Waals surface area contributed by atoms with Gasteiger partial charge in [-0.25, -0.2) is 4.79 Å². The Labute approximate surface area is 136 Å². The number of methoxy groups -OCH3 is 2. The Morgan fingerprint density at radius 3 is 2.30 bits per heavy atom. The van der Waals surface area contributed by atoms with Gasteiger partial charge in [0.2, 0.25) is 0 Å². The van der Waals surface area contributed by atoms with Crippen LogP contribution in [0.2, 0.25) is 0 Å². The van der Waals surface area contributed by atoms with Gasteiger partial charge >= 0.3 is 5.97 Å². The molecular formula is C19H20O4. The predicted octanol–water partition coefficient (Wildman–Crippen LogP) is 3.89. The topological polar surface area (TPSA) is 55.8 Å². The van der Waals surface area contributed by atoms with Crippen molar-refractivity contribution in [2.75, 3.05) is 14.2 Å². The molecule has 4 heteroatoms. The van der Waals surface area contributed by atoms with Crippen LogP contribution in [0.4, 0.5) is 0 Å². The van der Waals surface area contributed by atoms with E-state index < -0.39 is 5.97 Å². The van der Waals surface area contributed by atoms with Crippen LogP contribution < -0.4 is 9.47 Å². The lowest BCUT2D eigenvalue weighted by Gasteiger charge is -2.09. The molecule has 0 unspecified atom stereocenters. The van der Waals surface area contributed by atoms with E-state index in [1.54, 1.807) is 38.5 Å². The number of carboxylic acids is 1. The monoisotopic (exact) mass is 312 g/mol. The van der Waals surface area contributed by atoms with E-state index in [9.17, 15) is 9.90 Å².